The van der Waals surface area contributed by atoms with Crippen LogP contribution in [-0.4, -0.2) is 70.0 Å². The molecule has 4 bridgehead atoms. The van der Waals surface area contributed by atoms with Crippen molar-refractivity contribution in [3.05, 3.63) is 12.2 Å². The van der Waals surface area contributed by atoms with Crippen molar-refractivity contribution < 1.29 is 39.4 Å². The summed E-state index contributed by atoms with van der Waals surface area (Å²) >= 11 is 0. The van der Waals surface area contributed by atoms with Gasteiger partial charge in [-0.25, -0.2) is 0 Å². The van der Waals surface area contributed by atoms with Gasteiger partial charge in [0.05, 0.1) is 17.6 Å². The Kier molecular flexibility index (Phi) is 4.43. The molecule has 2 saturated heterocycles. The Balaban J connectivity index is 1.83. The highest BCUT2D eigenvalue weighted by molar-refractivity contribution is 5.66. The largest absolute Gasteiger partial charge is 0.462 e. The number of aliphatic hydroxyl groups excluding tert-OH is 3. The van der Waals surface area contributed by atoms with E-state index in [1.165, 1.54) is 14.0 Å². The molecule has 0 unspecified atom stereocenters. The Morgan fingerprint density at radius 2 is 1.84 bits per heavy atom. The van der Waals surface area contributed by atoms with Gasteiger partial charge in [0.25, 0.3) is 0 Å². The predicted molar refractivity (Wildman–Crippen MR) is 107 cm³/mol. The van der Waals surface area contributed by atoms with Crippen LogP contribution in [0.4, 0.5) is 0 Å². The van der Waals surface area contributed by atoms with E-state index in [1.807, 2.05) is 0 Å². The van der Waals surface area contributed by atoms with E-state index < -0.39 is 71.0 Å². The SMILES string of the molecule is C=C1[C@@H](O)[C@]23[C@H](O)[C@H]1C[C@H](OC(C)=O)[C@H]2[C@@]12CCCC(C)(C)[C@H]1[C@H](O)[C@@]3(O)O[C@@H]2OC. The van der Waals surface area contributed by atoms with Gasteiger partial charge in [-0.3, -0.25) is 4.79 Å². The van der Waals surface area contributed by atoms with Gasteiger partial charge in [-0.1, -0.05) is 26.8 Å². The lowest BCUT2D eigenvalue weighted by molar-refractivity contribution is -0.521. The highest BCUT2D eigenvalue weighted by Gasteiger charge is 2.89. The molecule has 31 heavy (non-hydrogen) atoms. The molecule has 0 aromatic rings. The third kappa shape index (κ3) is 2.15. The second-order valence-corrected chi connectivity index (χ2v) is 11.1. The van der Waals surface area contributed by atoms with Crippen LogP contribution in [0.1, 0.15) is 46.5 Å². The summed E-state index contributed by atoms with van der Waals surface area (Å²) in [5, 5.41) is 46.7. The monoisotopic (exact) mass is 438 g/mol. The number of fused-ring (bicyclic) bond motifs is 2. The molecule has 8 heteroatoms. The molecule has 8 nitrogen and oxygen atoms in total. The van der Waals surface area contributed by atoms with Crippen molar-refractivity contribution >= 4 is 5.97 Å². The molecule has 0 amide bonds. The summed E-state index contributed by atoms with van der Waals surface area (Å²) in [6, 6.07) is 0. The van der Waals surface area contributed by atoms with E-state index in [-0.39, 0.29) is 5.41 Å². The lowest BCUT2D eigenvalue weighted by atomic mass is 9.35. The highest BCUT2D eigenvalue weighted by atomic mass is 16.8. The Hall–Kier alpha value is -1.03. The van der Waals surface area contributed by atoms with Crippen molar-refractivity contribution in [2.45, 2.75) is 82.9 Å². The summed E-state index contributed by atoms with van der Waals surface area (Å²) < 4.78 is 17.7. The summed E-state index contributed by atoms with van der Waals surface area (Å²) in [7, 11) is 1.49. The molecule has 6 rings (SSSR count). The Morgan fingerprint density at radius 3 is 2.45 bits per heavy atom. The fourth-order valence-electron chi connectivity index (χ4n) is 8.85. The third-order valence-corrected chi connectivity index (χ3v) is 9.55. The normalized spacial score (nSPS) is 56.7. The first-order valence-electron chi connectivity index (χ1n) is 11.2. The molecule has 0 aromatic heterocycles. The zero-order valence-electron chi connectivity index (χ0n) is 18.6. The van der Waals surface area contributed by atoms with Crippen molar-refractivity contribution in [3.8, 4) is 0 Å². The van der Waals surface area contributed by atoms with Gasteiger partial charge in [0, 0.05) is 37.2 Å². The first-order chi connectivity index (χ1) is 14.4. The van der Waals surface area contributed by atoms with E-state index in [0.717, 1.165) is 12.8 Å². The van der Waals surface area contributed by atoms with Gasteiger partial charge in [0.2, 0.25) is 5.79 Å². The fourth-order valence-corrected chi connectivity index (χ4v) is 8.85. The van der Waals surface area contributed by atoms with Crippen LogP contribution in [0.2, 0.25) is 0 Å². The summed E-state index contributed by atoms with van der Waals surface area (Å²) in [5.74, 6) is -4.48. The second-order valence-electron chi connectivity index (χ2n) is 11.1. The van der Waals surface area contributed by atoms with Crippen LogP contribution in [0.3, 0.4) is 0 Å². The number of aliphatic hydroxyl groups is 4. The zero-order valence-corrected chi connectivity index (χ0v) is 18.6. The lowest BCUT2D eigenvalue weighted by Gasteiger charge is -2.76. The van der Waals surface area contributed by atoms with Crippen molar-refractivity contribution in [2.24, 2.45) is 34.0 Å². The van der Waals surface area contributed by atoms with Gasteiger partial charge in [0.1, 0.15) is 12.2 Å². The first-order valence-corrected chi connectivity index (χ1v) is 11.2. The van der Waals surface area contributed by atoms with E-state index >= 15 is 0 Å². The van der Waals surface area contributed by atoms with Crippen LogP contribution in [-0.2, 0) is 19.0 Å². The summed E-state index contributed by atoms with van der Waals surface area (Å²) in [4.78, 5) is 12.1. The van der Waals surface area contributed by atoms with E-state index in [2.05, 4.69) is 20.4 Å². The number of hydrogen-bond donors (Lipinski definition) is 4. The van der Waals surface area contributed by atoms with E-state index in [9.17, 15) is 25.2 Å². The van der Waals surface area contributed by atoms with Crippen LogP contribution in [0.5, 0.6) is 0 Å². The minimum absolute atomic E-state index is 0.292. The molecular formula is C23H34O8. The summed E-state index contributed by atoms with van der Waals surface area (Å²) in [6.45, 7) is 9.45. The van der Waals surface area contributed by atoms with Crippen LogP contribution in [0, 0.1) is 34.0 Å². The van der Waals surface area contributed by atoms with Crippen LogP contribution < -0.4 is 0 Å². The molecule has 2 aliphatic heterocycles. The van der Waals surface area contributed by atoms with E-state index in [4.69, 9.17) is 14.2 Å². The Bertz CT molecular complexity index is 826. The number of methoxy groups -OCH3 is 1. The van der Waals surface area contributed by atoms with Gasteiger partial charge in [-0.05, 0) is 30.3 Å². The number of esters is 1. The van der Waals surface area contributed by atoms with Gasteiger partial charge in [-0.2, -0.15) is 0 Å². The maximum absolute atomic E-state index is 12.1. The molecule has 0 aromatic carbocycles. The van der Waals surface area contributed by atoms with Gasteiger partial charge in [0.15, 0.2) is 6.29 Å². The maximum atomic E-state index is 12.1. The number of carbonyl (C=O) groups is 1. The smallest absolute Gasteiger partial charge is 0.302 e. The summed E-state index contributed by atoms with van der Waals surface area (Å²) in [5.41, 5.74) is -2.55. The van der Waals surface area contributed by atoms with Crippen molar-refractivity contribution in [2.75, 3.05) is 7.11 Å². The van der Waals surface area contributed by atoms with Crippen molar-refractivity contribution in [3.63, 3.8) is 0 Å². The molecule has 6 fully saturated rings. The molecule has 4 aliphatic carbocycles. The van der Waals surface area contributed by atoms with Crippen molar-refractivity contribution in [1.29, 1.82) is 0 Å². The number of hydrogen-bond acceptors (Lipinski definition) is 8. The highest BCUT2D eigenvalue weighted by Crippen LogP contribution is 2.79. The minimum atomic E-state index is -2.30. The topological polar surface area (TPSA) is 126 Å². The van der Waals surface area contributed by atoms with E-state index in [0.29, 0.717) is 18.4 Å². The molecule has 4 saturated carbocycles. The third-order valence-electron chi connectivity index (χ3n) is 9.55. The Labute approximate surface area is 182 Å². The zero-order chi connectivity index (χ0) is 22.7. The van der Waals surface area contributed by atoms with Crippen LogP contribution in [0.25, 0.3) is 0 Å². The van der Waals surface area contributed by atoms with Crippen LogP contribution in [0.15, 0.2) is 12.2 Å². The minimum Gasteiger partial charge on any atom is -0.462 e. The summed E-state index contributed by atoms with van der Waals surface area (Å²) in [6.07, 6.45) is -2.92. The van der Waals surface area contributed by atoms with Gasteiger partial charge in [-0.15, -0.1) is 0 Å². The molecule has 2 heterocycles. The number of ether oxygens (including phenoxy) is 3. The average Bonchev–Trinajstić information content (AvgIpc) is 2.79. The molecule has 4 N–H and O–H groups in total. The van der Waals surface area contributed by atoms with Crippen LogP contribution >= 0.6 is 0 Å². The molecule has 2 spiro atoms. The molecule has 11 atom stereocenters. The average molecular weight is 439 g/mol. The molecular weight excluding hydrogens is 404 g/mol. The fraction of sp³-hybridized carbons (Fsp3) is 0.870. The second kappa shape index (κ2) is 6.30. The lowest BCUT2D eigenvalue weighted by Crippen LogP contribution is -2.88. The predicted octanol–water partition coefficient (Wildman–Crippen LogP) is 0.711. The number of carbonyl (C=O) groups excluding carboxylic acids is 1. The number of rotatable bonds is 2. The molecule has 6 aliphatic rings. The van der Waals surface area contributed by atoms with Gasteiger partial charge < -0.3 is 34.6 Å². The van der Waals surface area contributed by atoms with E-state index in [1.54, 1.807) is 0 Å². The van der Waals surface area contributed by atoms with Crippen molar-refractivity contribution in [1.82, 2.24) is 0 Å². The first kappa shape index (κ1) is 21.8. The molecule has 0 radical (unpaired) electrons. The van der Waals surface area contributed by atoms with Gasteiger partial charge >= 0.3 is 5.97 Å². The quantitative estimate of drug-likeness (QED) is 0.367. The molecule has 174 valence electrons. The maximum Gasteiger partial charge on any atom is 0.302 e. The standard InChI is InChI=1S/C23H34O8/c1-10-12-9-13(30-11(2)24)14-21-8-6-7-20(3,4)15(21)18(27)23(28,31-19(21)29-5)22(14,16(10)25)17(12)26/h12-19,25-28H,1,6-9H2,2-5H3/t12-,13-,14-,15+,16+,17+,18-,19-,21-,22-,23+/m0/s1. The Morgan fingerprint density at radius 1 is 1.16 bits per heavy atom.